The van der Waals surface area contributed by atoms with Crippen LogP contribution in [0.5, 0.6) is 0 Å². The van der Waals surface area contributed by atoms with Gasteiger partial charge in [0.25, 0.3) is 5.91 Å². The van der Waals surface area contributed by atoms with Crippen LogP contribution in [0, 0.1) is 5.92 Å². The molecule has 2 aliphatic rings. The molecule has 3 aromatic carbocycles. The second kappa shape index (κ2) is 8.76. The molecule has 0 unspecified atom stereocenters. The van der Waals surface area contributed by atoms with Crippen molar-refractivity contribution in [2.24, 2.45) is 5.92 Å². The number of aryl methyl sites for hydroxylation is 1. The zero-order valence-corrected chi connectivity index (χ0v) is 19.0. The molecule has 0 spiro atoms. The van der Waals surface area contributed by atoms with Crippen molar-refractivity contribution in [1.82, 2.24) is 0 Å². The van der Waals surface area contributed by atoms with Crippen LogP contribution in [0.15, 0.2) is 78.9 Å². The number of nitrogens with one attached hydrogen (secondary N) is 1. The Morgan fingerprint density at radius 3 is 2.18 bits per heavy atom. The summed E-state index contributed by atoms with van der Waals surface area (Å²) in [4.78, 5) is 45.9. The van der Waals surface area contributed by atoms with E-state index in [2.05, 4.69) is 12.2 Å². The molecular formula is C27H25N3O4. The van der Waals surface area contributed by atoms with Crippen LogP contribution in [0.1, 0.15) is 31.0 Å². The number of benzene rings is 3. The van der Waals surface area contributed by atoms with Gasteiger partial charge in [0, 0.05) is 12.6 Å². The number of rotatable bonds is 5. The number of hydrogen-bond acceptors (Lipinski definition) is 5. The summed E-state index contributed by atoms with van der Waals surface area (Å²) in [6.07, 6.45) is -0.0439. The van der Waals surface area contributed by atoms with Gasteiger partial charge in [-0.2, -0.15) is 0 Å². The first-order valence-electron chi connectivity index (χ1n) is 11.3. The topological polar surface area (TPSA) is 79.0 Å². The van der Waals surface area contributed by atoms with E-state index >= 15 is 0 Å². The molecule has 3 amide bonds. The first-order valence-corrected chi connectivity index (χ1v) is 11.3. The summed E-state index contributed by atoms with van der Waals surface area (Å²) in [5, 5.41) is 4.42. The van der Waals surface area contributed by atoms with E-state index in [1.54, 1.807) is 17.2 Å². The van der Waals surface area contributed by atoms with Crippen molar-refractivity contribution in [1.29, 1.82) is 0 Å². The second-order valence-corrected chi connectivity index (χ2v) is 8.49. The molecule has 0 radical (unpaired) electrons. The van der Waals surface area contributed by atoms with Gasteiger partial charge in [-0.25, -0.2) is 9.96 Å². The molecule has 3 atom stereocenters. The van der Waals surface area contributed by atoms with Gasteiger partial charge in [-0.15, -0.1) is 0 Å². The van der Waals surface area contributed by atoms with Gasteiger partial charge >= 0.3 is 0 Å². The van der Waals surface area contributed by atoms with Crippen molar-refractivity contribution in [3.05, 3.63) is 90.0 Å². The quantitative estimate of drug-likeness (QED) is 0.582. The molecule has 1 N–H and O–H groups in total. The minimum Gasteiger partial charge on any atom is -0.326 e. The Hall–Kier alpha value is -3.97. The number of fused-ring (bicyclic) bond motifs is 1. The summed E-state index contributed by atoms with van der Waals surface area (Å²) >= 11 is 0. The maximum absolute atomic E-state index is 13.7. The van der Waals surface area contributed by atoms with E-state index in [9.17, 15) is 14.4 Å². The van der Waals surface area contributed by atoms with Crippen molar-refractivity contribution in [2.45, 2.75) is 32.4 Å². The van der Waals surface area contributed by atoms with Crippen LogP contribution in [-0.2, 0) is 25.6 Å². The highest BCUT2D eigenvalue weighted by molar-refractivity contribution is 6.23. The van der Waals surface area contributed by atoms with Crippen molar-refractivity contribution in [3.8, 4) is 0 Å². The minimum absolute atomic E-state index is 0.163. The summed E-state index contributed by atoms with van der Waals surface area (Å²) in [5.41, 5.74) is 3.91. The molecular weight excluding hydrogens is 430 g/mol. The third kappa shape index (κ3) is 3.74. The van der Waals surface area contributed by atoms with Crippen molar-refractivity contribution < 1.29 is 19.2 Å². The van der Waals surface area contributed by atoms with E-state index in [0.29, 0.717) is 11.4 Å². The Balaban J connectivity index is 1.53. The zero-order valence-electron chi connectivity index (χ0n) is 19.0. The smallest absolute Gasteiger partial charge is 0.266 e. The number of hydroxylamine groups is 1. The van der Waals surface area contributed by atoms with Crippen LogP contribution in [0.3, 0.4) is 0 Å². The minimum atomic E-state index is -0.918. The molecule has 7 heteroatoms. The molecule has 0 saturated carbocycles. The van der Waals surface area contributed by atoms with E-state index in [1.807, 2.05) is 66.7 Å². The van der Waals surface area contributed by atoms with Crippen LogP contribution < -0.4 is 15.3 Å². The number of carbonyl (C=O) groups is 3. The second-order valence-electron chi connectivity index (χ2n) is 8.49. The van der Waals surface area contributed by atoms with Gasteiger partial charge in [0.2, 0.25) is 11.8 Å². The SMILES string of the molecule is CCc1ccc(N2C(=O)[C@H]3[C@H](ON(c4ccccc4)[C@@H]3c3ccc(NC(C)=O)cc3)C2=O)cc1. The number of nitrogens with zero attached hydrogens (tertiary/aromatic N) is 2. The predicted octanol–water partition coefficient (Wildman–Crippen LogP) is 4.26. The van der Waals surface area contributed by atoms with Gasteiger partial charge in [-0.3, -0.25) is 19.2 Å². The van der Waals surface area contributed by atoms with Gasteiger partial charge in [0.1, 0.15) is 5.92 Å². The Morgan fingerprint density at radius 2 is 1.56 bits per heavy atom. The fraction of sp³-hybridized carbons (Fsp3) is 0.222. The Morgan fingerprint density at radius 1 is 0.882 bits per heavy atom. The molecule has 2 fully saturated rings. The number of para-hydroxylation sites is 1. The van der Waals surface area contributed by atoms with Gasteiger partial charge in [0.15, 0.2) is 6.10 Å². The highest BCUT2D eigenvalue weighted by Gasteiger charge is 2.60. The van der Waals surface area contributed by atoms with Gasteiger partial charge in [-0.1, -0.05) is 49.4 Å². The Bertz CT molecular complexity index is 1220. The molecule has 0 aliphatic carbocycles. The first kappa shape index (κ1) is 21.9. The summed E-state index contributed by atoms with van der Waals surface area (Å²) in [6, 6.07) is 23.7. The molecule has 0 aromatic heterocycles. The number of carbonyl (C=O) groups excluding carboxylic acids is 3. The normalized spacial score (nSPS) is 21.6. The highest BCUT2D eigenvalue weighted by Crippen LogP contribution is 2.47. The third-order valence-electron chi connectivity index (χ3n) is 6.30. The monoisotopic (exact) mass is 455 g/mol. The molecule has 0 bridgehead atoms. The van der Waals surface area contributed by atoms with E-state index in [-0.39, 0.29) is 17.7 Å². The van der Waals surface area contributed by atoms with Crippen molar-refractivity contribution >= 4 is 34.8 Å². The zero-order chi connectivity index (χ0) is 23.8. The lowest BCUT2D eigenvalue weighted by Gasteiger charge is -2.29. The number of imide groups is 1. The van der Waals surface area contributed by atoms with Crippen LogP contribution in [0.25, 0.3) is 0 Å². The summed E-state index contributed by atoms with van der Waals surface area (Å²) in [7, 11) is 0. The van der Waals surface area contributed by atoms with E-state index < -0.39 is 18.1 Å². The molecule has 2 aliphatic heterocycles. The average molecular weight is 456 g/mol. The molecule has 34 heavy (non-hydrogen) atoms. The third-order valence-corrected chi connectivity index (χ3v) is 6.30. The maximum Gasteiger partial charge on any atom is 0.266 e. The van der Waals surface area contributed by atoms with Crippen molar-refractivity contribution in [3.63, 3.8) is 0 Å². The average Bonchev–Trinajstić information content (AvgIpc) is 3.36. The lowest BCUT2D eigenvalue weighted by Crippen LogP contribution is -2.37. The maximum atomic E-state index is 13.7. The summed E-state index contributed by atoms with van der Waals surface area (Å²) in [5.74, 6) is -1.51. The summed E-state index contributed by atoms with van der Waals surface area (Å²) in [6.45, 7) is 3.50. The highest BCUT2D eigenvalue weighted by atomic mass is 16.7. The lowest BCUT2D eigenvalue weighted by molar-refractivity contribution is -0.126. The summed E-state index contributed by atoms with van der Waals surface area (Å²) < 4.78 is 0. The predicted molar refractivity (Wildman–Crippen MR) is 129 cm³/mol. The fourth-order valence-corrected chi connectivity index (χ4v) is 4.65. The van der Waals surface area contributed by atoms with E-state index in [0.717, 1.165) is 23.2 Å². The van der Waals surface area contributed by atoms with Gasteiger partial charge in [-0.05, 0) is 53.9 Å². The molecule has 3 aromatic rings. The number of hydrogen-bond donors (Lipinski definition) is 1. The van der Waals surface area contributed by atoms with Crippen LogP contribution in [-0.4, -0.2) is 23.8 Å². The molecule has 5 rings (SSSR count). The fourth-order valence-electron chi connectivity index (χ4n) is 4.65. The Kier molecular flexibility index (Phi) is 5.63. The van der Waals surface area contributed by atoms with Gasteiger partial charge in [0.05, 0.1) is 17.4 Å². The lowest BCUT2D eigenvalue weighted by atomic mass is 9.90. The van der Waals surface area contributed by atoms with Crippen molar-refractivity contribution in [2.75, 3.05) is 15.3 Å². The molecule has 7 nitrogen and oxygen atoms in total. The standard InChI is InChI=1S/C27H25N3O4/c1-3-18-9-15-21(16-10-18)29-26(32)23-24(19-11-13-20(14-12-19)28-17(2)31)30(34-25(23)27(29)33)22-7-5-4-6-8-22/h4-16,23-25H,3H2,1-2H3,(H,28,31)/t23-,24-,25+/m1/s1. The van der Waals surface area contributed by atoms with Crippen LogP contribution in [0.2, 0.25) is 0 Å². The number of amides is 3. The number of anilines is 3. The van der Waals surface area contributed by atoms with Gasteiger partial charge < -0.3 is 5.32 Å². The van der Waals surface area contributed by atoms with E-state index in [1.165, 1.54) is 11.8 Å². The largest absolute Gasteiger partial charge is 0.326 e. The first-order chi connectivity index (χ1) is 16.5. The Labute approximate surface area is 197 Å². The molecule has 2 saturated heterocycles. The van der Waals surface area contributed by atoms with E-state index in [4.69, 9.17) is 4.84 Å². The molecule has 172 valence electrons. The van der Waals surface area contributed by atoms with Crippen LogP contribution in [0.4, 0.5) is 17.1 Å². The molecule has 2 heterocycles. The van der Waals surface area contributed by atoms with Crippen LogP contribution >= 0.6 is 0 Å².